The molecule has 2 N–H and O–H groups in total. The standard InChI is InChI=1S/C27H26N8O5/c1-27(2,3)40-26(38)18-7-4-16(5-8-18)13-35-33-24(32-34-35)20-11-21(30-15-29-20)25(37)28-12-17-6-9-22-19(10-17)31-23(36)14-39-22/h4-11,15H,12-14H2,1-3H3,(H,28,37)(H,31,36). The van der Waals surface area contributed by atoms with Gasteiger partial charge in [0.1, 0.15) is 29.1 Å². The van der Waals surface area contributed by atoms with Crippen molar-refractivity contribution in [2.24, 2.45) is 0 Å². The summed E-state index contributed by atoms with van der Waals surface area (Å²) in [7, 11) is 0. The monoisotopic (exact) mass is 542 g/mol. The van der Waals surface area contributed by atoms with Crippen LogP contribution in [0.5, 0.6) is 5.75 Å². The maximum Gasteiger partial charge on any atom is 0.338 e. The van der Waals surface area contributed by atoms with Crippen molar-refractivity contribution < 1.29 is 23.9 Å². The zero-order valence-electron chi connectivity index (χ0n) is 22.0. The molecule has 0 saturated carbocycles. The third-order valence-corrected chi connectivity index (χ3v) is 5.62. The molecule has 0 bridgehead atoms. The van der Waals surface area contributed by atoms with Gasteiger partial charge in [-0.3, -0.25) is 9.59 Å². The molecule has 4 aromatic rings. The first-order valence-electron chi connectivity index (χ1n) is 12.4. The topological polar surface area (TPSA) is 163 Å². The van der Waals surface area contributed by atoms with Crippen molar-refractivity contribution in [3.05, 3.63) is 77.2 Å². The normalized spacial score (nSPS) is 12.6. The fourth-order valence-corrected chi connectivity index (χ4v) is 3.78. The Labute approximate surface area is 228 Å². The van der Waals surface area contributed by atoms with Gasteiger partial charge < -0.3 is 20.1 Å². The summed E-state index contributed by atoms with van der Waals surface area (Å²) in [6.07, 6.45) is 1.26. The molecule has 13 nitrogen and oxygen atoms in total. The number of aromatic nitrogens is 6. The molecule has 2 amide bonds. The number of anilines is 1. The van der Waals surface area contributed by atoms with E-state index < -0.39 is 17.5 Å². The molecule has 2 aromatic heterocycles. The molecule has 204 valence electrons. The summed E-state index contributed by atoms with van der Waals surface area (Å²) in [6, 6.07) is 13.7. The molecule has 0 saturated heterocycles. The highest BCUT2D eigenvalue weighted by molar-refractivity contribution is 5.95. The Morgan fingerprint density at radius 1 is 1.07 bits per heavy atom. The Balaban J connectivity index is 1.20. The second kappa shape index (κ2) is 10.9. The number of tetrazole rings is 1. The first-order chi connectivity index (χ1) is 19.1. The Morgan fingerprint density at radius 3 is 2.62 bits per heavy atom. The van der Waals surface area contributed by atoms with Gasteiger partial charge in [-0.25, -0.2) is 14.8 Å². The molecule has 0 fully saturated rings. The lowest BCUT2D eigenvalue weighted by Crippen LogP contribution is -2.26. The summed E-state index contributed by atoms with van der Waals surface area (Å²) in [5, 5.41) is 18.0. The number of amides is 2. The van der Waals surface area contributed by atoms with E-state index in [9.17, 15) is 14.4 Å². The minimum Gasteiger partial charge on any atom is -0.482 e. The Kier molecular flexibility index (Phi) is 7.19. The van der Waals surface area contributed by atoms with E-state index in [0.717, 1.165) is 11.1 Å². The fourth-order valence-electron chi connectivity index (χ4n) is 3.78. The number of hydrogen-bond acceptors (Lipinski definition) is 10. The molecular weight excluding hydrogens is 516 g/mol. The van der Waals surface area contributed by atoms with Gasteiger partial charge in [0, 0.05) is 6.54 Å². The Hall–Kier alpha value is -5.20. The third-order valence-electron chi connectivity index (χ3n) is 5.62. The van der Waals surface area contributed by atoms with E-state index in [0.29, 0.717) is 29.2 Å². The van der Waals surface area contributed by atoms with Crippen LogP contribution in [-0.2, 0) is 22.6 Å². The number of ether oxygens (including phenoxy) is 2. The lowest BCUT2D eigenvalue weighted by Gasteiger charge is -2.19. The van der Waals surface area contributed by atoms with E-state index in [1.165, 1.54) is 17.2 Å². The predicted octanol–water partition coefficient (Wildman–Crippen LogP) is 2.39. The van der Waals surface area contributed by atoms with Crippen LogP contribution in [0.2, 0.25) is 0 Å². The summed E-state index contributed by atoms with van der Waals surface area (Å²) in [5.41, 5.74) is 2.53. The highest BCUT2D eigenvalue weighted by atomic mass is 16.6. The molecule has 1 aliphatic rings. The minimum absolute atomic E-state index is 0.0231. The Morgan fingerprint density at radius 2 is 1.85 bits per heavy atom. The summed E-state index contributed by atoms with van der Waals surface area (Å²) < 4.78 is 10.7. The average molecular weight is 543 g/mol. The van der Waals surface area contributed by atoms with Crippen LogP contribution in [0.25, 0.3) is 11.5 Å². The number of nitrogens with zero attached hydrogens (tertiary/aromatic N) is 6. The summed E-state index contributed by atoms with van der Waals surface area (Å²) in [4.78, 5) is 46.1. The van der Waals surface area contributed by atoms with Gasteiger partial charge in [-0.15, -0.1) is 10.2 Å². The number of esters is 1. The third kappa shape index (κ3) is 6.43. The van der Waals surface area contributed by atoms with E-state index in [2.05, 4.69) is 36.0 Å². The molecule has 5 rings (SSSR count). The van der Waals surface area contributed by atoms with Crippen molar-refractivity contribution in [1.29, 1.82) is 0 Å². The highest BCUT2D eigenvalue weighted by Crippen LogP contribution is 2.28. The van der Waals surface area contributed by atoms with Crippen LogP contribution in [0.4, 0.5) is 5.69 Å². The minimum atomic E-state index is -0.573. The molecule has 3 heterocycles. The molecule has 0 spiro atoms. The van der Waals surface area contributed by atoms with Crippen molar-refractivity contribution >= 4 is 23.5 Å². The van der Waals surface area contributed by atoms with Crippen LogP contribution < -0.4 is 15.4 Å². The van der Waals surface area contributed by atoms with E-state index in [1.54, 1.807) is 42.5 Å². The van der Waals surface area contributed by atoms with Crippen molar-refractivity contribution in [2.45, 2.75) is 39.5 Å². The number of hydrogen-bond donors (Lipinski definition) is 2. The summed E-state index contributed by atoms with van der Waals surface area (Å²) in [5.74, 6) is -0.238. The van der Waals surface area contributed by atoms with Crippen LogP contribution in [0.3, 0.4) is 0 Å². The number of rotatable bonds is 7. The number of nitrogens with one attached hydrogen (secondary N) is 2. The molecule has 0 atom stereocenters. The number of fused-ring (bicyclic) bond motifs is 1. The van der Waals surface area contributed by atoms with E-state index in [-0.39, 0.29) is 30.6 Å². The number of carbonyl (C=O) groups excluding carboxylic acids is 3. The lowest BCUT2D eigenvalue weighted by molar-refractivity contribution is -0.118. The van der Waals surface area contributed by atoms with Crippen LogP contribution in [0.1, 0.15) is 52.7 Å². The largest absolute Gasteiger partial charge is 0.482 e. The molecule has 2 aromatic carbocycles. The molecule has 0 radical (unpaired) electrons. The first kappa shape index (κ1) is 26.4. The number of benzene rings is 2. The van der Waals surface area contributed by atoms with Crippen molar-refractivity contribution in [3.8, 4) is 17.3 Å². The van der Waals surface area contributed by atoms with Gasteiger partial charge in [-0.2, -0.15) is 4.80 Å². The molecule has 13 heteroatoms. The van der Waals surface area contributed by atoms with Gasteiger partial charge in [-0.1, -0.05) is 18.2 Å². The van der Waals surface area contributed by atoms with Gasteiger partial charge in [0.25, 0.3) is 11.8 Å². The van der Waals surface area contributed by atoms with Crippen molar-refractivity contribution in [3.63, 3.8) is 0 Å². The molecule has 0 unspecified atom stereocenters. The zero-order valence-corrected chi connectivity index (χ0v) is 22.0. The maximum atomic E-state index is 12.8. The lowest BCUT2D eigenvalue weighted by atomic mass is 10.1. The molecular formula is C27H26N8O5. The van der Waals surface area contributed by atoms with Gasteiger partial charge in [-0.05, 0) is 67.4 Å². The highest BCUT2D eigenvalue weighted by Gasteiger charge is 2.19. The van der Waals surface area contributed by atoms with E-state index >= 15 is 0 Å². The smallest absolute Gasteiger partial charge is 0.338 e. The maximum absolute atomic E-state index is 12.8. The second-order valence-corrected chi connectivity index (χ2v) is 9.98. The average Bonchev–Trinajstić information content (AvgIpc) is 3.39. The zero-order chi connectivity index (χ0) is 28.3. The summed E-state index contributed by atoms with van der Waals surface area (Å²) in [6.45, 7) is 5.94. The first-order valence-corrected chi connectivity index (χ1v) is 12.4. The Bertz CT molecular complexity index is 1580. The molecule has 0 aliphatic carbocycles. The van der Waals surface area contributed by atoms with Gasteiger partial charge in [0.2, 0.25) is 5.82 Å². The SMILES string of the molecule is CC(C)(C)OC(=O)c1ccc(Cn2nnc(-c3cc(C(=O)NCc4ccc5c(c4)NC(=O)CO5)ncn3)n2)cc1. The predicted molar refractivity (Wildman–Crippen MR) is 141 cm³/mol. The molecule has 40 heavy (non-hydrogen) atoms. The van der Waals surface area contributed by atoms with Crippen LogP contribution in [0, 0.1) is 0 Å². The second-order valence-electron chi connectivity index (χ2n) is 9.98. The van der Waals surface area contributed by atoms with E-state index in [4.69, 9.17) is 9.47 Å². The summed E-state index contributed by atoms with van der Waals surface area (Å²) >= 11 is 0. The van der Waals surface area contributed by atoms with Gasteiger partial charge in [0.05, 0.1) is 17.8 Å². The quantitative estimate of drug-likeness (QED) is 0.332. The molecule has 1 aliphatic heterocycles. The van der Waals surface area contributed by atoms with Gasteiger partial charge >= 0.3 is 5.97 Å². The van der Waals surface area contributed by atoms with Crippen molar-refractivity contribution in [1.82, 2.24) is 35.5 Å². The van der Waals surface area contributed by atoms with Crippen LogP contribution in [0.15, 0.2) is 54.9 Å². The van der Waals surface area contributed by atoms with Crippen molar-refractivity contribution in [2.75, 3.05) is 11.9 Å². The van der Waals surface area contributed by atoms with E-state index in [1.807, 2.05) is 20.8 Å². The number of carbonyl (C=O) groups is 3. The van der Waals surface area contributed by atoms with Crippen LogP contribution in [-0.4, -0.2) is 60.2 Å². The van der Waals surface area contributed by atoms with Gasteiger partial charge in [0.15, 0.2) is 6.61 Å². The van der Waals surface area contributed by atoms with Crippen LogP contribution >= 0.6 is 0 Å². The fraction of sp³-hybridized carbons (Fsp3) is 0.259.